The molecule has 3 rings (SSSR count). The Morgan fingerprint density at radius 2 is 1.92 bits per heavy atom. The van der Waals surface area contributed by atoms with Crippen LogP contribution >= 0.6 is 23.2 Å². The van der Waals surface area contributed by atoms with Gasteiger partial charge in [0.05, 0.1) is 28.6 Å². The van der Waals surface area contributed by atoms with Gasteiger partial charge in [0.25, 0.3) is 0 Å². The Bertz CT molecular complexity index is 811. The summed E-state index contributed by atoms with van der Waals surface area (Å²) in [5, 5.41) is 6.71. The molecule has 0 unspecified atom stereocenters. The van der Waals surface area contributed by atoms with Gasteiger partial charge >= 0.3 is 0 Å². The fourth-order valence-electron chi connectivity index (χ4n) is 2.72. The first-order valence-corrected chi connectivity index (χ1v) is 8.68. The molecule has 1 aliphatic heterocycles. The lowest BCUT2D eigenvalue weighted by molar-refractivity contribution is -0.117. The second-order valence-electron chi connectivity index (χ2n) is 5.69. The van der Waals surface area contributed by atoms with E-state index in [0.29, 0.717) is 28.7 Å². The van der Waals surface area contributed by atoms with Crippen molar-refractivity contribution in [3.8, 4) is 0 Å². The highest BCUT2D eigenvalue weighted by Crippen LogP contribution is 2.29. The van der Waals surface area contributed by atoms with Crippen molar-refractivity contribution in [3.05, 3.63) is 52.5 Å². The van der Waals surface area contributed by atoms with Crippen LogP contribution in [0.4, 0.5) is 17.1 Å². The molecule has 25 heavy (non-hydrogen) atoms. The number of rotatable bonds is 5. The van der Waals surface area contributed by atoms with E-state index in [0.717, 1.165) is 17.8 Å². The molecule has 7 heteroatoms. The SMILES string of the molecule is O=C(CNc1ccccc1N1CCCC1=O)Nc1cc(Cl)ccc1Cl. The van der Waals surface area contributed by atoms with Crippen LogP contribution < -0.4 is 15.5 Å². The van der Waals surface area contributed by atoms with Crippen LogP contribution in [0.5, 0.6) is 0 Å². The predicted molar refractivity (Wildman–Crippen MR) is 102 cm³/mol. The minimum absolute atomic E-state index is 0.0435. The molecular weight excluding hydrogens is 361 g/mol. The van der Waals surface area contributed by atoms with Crippen LogP contribution in [0.15, 0.2) is 42.5 Å². The highest BCUT2D eigenvalue weighted by atomic mass is 35.5. The number of hydrogen-bond donors (Lipinski definition) is 2. The van der Waals surface area contributed by atoms with E-state index in [1.54, 1.807) is 23.1 Å². The van der Waals surface area contributed by atoms with Crippen LogP contribution in [0, 0.1) is 0 Å². The molecule has 2 aromatic rings. The highest BCUT2D eigenvalue weighted by Gasteiger charge is 2.23. The molecule has 1 saturated heterocycles. The summed E-state index contributed by atoms with van der Waals surface area (Å²) in [5.41, 5.74) is 1.99. The molecular formula is C18H17Cl2N3O2. The van der Waals surface area contributed by atoms with Crippen molar-refractivity contribution in [2.24, 2.45) is 0 Å². The fourth-order valence-corrected chi connectivity index (χ4v) is 3.06. The number of halogens is 2. The average Bonchev–Trinajstić information content (AvgIpc) is 3.02. The van der Waals surface area contributed by atoms with Crippen LogP contribution in [0.25, 0.3) is 0 Å². The number of carbonyl (C=O) groups excluding carboxylic acids is 2. The summed E-state index contributed by atoms with van der Waals surface area (Å²) >= 11 is 12.0. The van der Waals surface area contributed by atoms with E-state index in [-0.39, 0.29) is 18.4 Å². The van der Waals surface area contributed by atoms with Gasteiger partial charge < -0.3 is 15.5 Å². The van der Waals surface area contributed by atoms with Crippen molar-refractivity contribution in [1.29, 1.82) is 0 Å². The summed E-state index contributed by atoms with van der Waals surface area (Å²) in [4.78, 5) is 25.9. The van der Waals surface area contributed by atoms with Crippen molar-refractivity contribution in [3.63, 3.8) is 0 Å². The van der Waals surface area contributed by atoms with Gasteiger partial charge in [0.2, 0.25) is 11.8 Å². The molecule has 1 fully saturated rings. The Kier molecular flexibility index (Phi) is 5.46. The minimum Gasteiger partial charge on any atom is -0.374 e. The maximum Gasteiger partial charge on any atom is 0.243 e. The second kappa shape index (κ2) is 7.76. The van der Waals surface area contributed by atoms with Gasteiger partial charge in [0.15, 0.2) is 0 Å². The summed E-state index contributed by atoms with van der Waals surface area (Å²) in [5.74, 6) is -0.156. The van der Waals surface area contributed by atoms with E-state index in [4.69, 9.17) is 23.2 Å². The molecule has 0 bridgehead atoms. The van der Waals surface area contributed by atoms with Gasteiger partial charge in [-0.15, -0.1) is 0 Å². The standard InChI is InChI=1S/C18H17Cl2N3O2/c19-12-7-8-13(20)15(10-12)22-17(24)11-21-14-4-1-2-5-16(14)23-9-3-6-18(23)25/h1-2,4-5,7-8,10,21H,3,6,9,11H2,(H,22,24). The molecule has 1 heterocycles. The molecule has 0 atom stereocenters. The van der Waals surface area contributed by atoms with Gasteiger partial charge in [-0.05, 0) is 36.8 Å². The third-order valence-corrected chi connectivity index (χ3v) is 4.47. The molecule has 2 N–H and O–H groups in total. The van der Waals surface area contributed by atoms with Gasteiger partial charge in [-0.3, -0.25) is 9.59 Å². The highest BCUT2D eigenvalue weighted by molar-refractivity contribution is 6.35. The zero-order valence-electron chi connectivity index (χ0n) is 13.4. The molecule has 2 aromatic carbocycles. The monoisotopic (exact) mass is 377 g/mol. The molecule has 0 aliphatic carbocycles. The maximum atomic E-state index is 12.2. The van der Waals surface area contributed by atoms with Crippen molar-refractivity contribution in [2.45, 2.75) is 12.8 Å². The lowest BCUT2D eigenvalue weighted by atomic mass is 10.2. The number of amides is 2. The summed E-state index contributed by atoms with van der Waals surface area (Å²) in [6.07, 6.45) is 1.41. The molecule has 1 aliphatic rings. The second-order valence-corrected chi connectivity index (χ2v) is 6.54. The largest absolute Gasteiger partial charge is 0.374 e. The van der Waals surface area contributed by atoms with Crippen molar-refractivity contribution < 1.29 is 9.59 Å². The Hall–Kier alpha value is -2.24. The number of benzene rings is 2. The summed E-state index contributed by atoms with van der Waals surface area (Å²) in [6, 6.07) is 12.3. The molecule has 0 saturated carbocycles. The van der Waals surface area contributed by atoms with Gasteiger partial charge in [-0.2, -0.15) is 0 Å². The Balaban J connectivity index is 1.66. The van der Waals surface area contributed by atoms with E-state index in [1.165, 1.54) is 0 Å². The lowest BCUT2D eigenvalue weighted by Crippen LogP contribution is -2.26. The topological polar surface area (TPSA) is 61.4 Å². The van der Waals surface area contributed by atoms with Crippen LogP contribution in [-0.4, -0.2) is 24.9 Å². The van der Waals surface area contributed by atoms with Gasteiger partial charge in [0.1, 0.15) is 0 Å². The zero-order valence-corrected chi connectivity index (χ0v) is 14.9. The van der Waals surface area contributed by atoms with Crippen molar-refractivity contribution in [2.75, 3.05) is 28.6 Å². The molecule has 0 spiro atoms. The molecule has 0 radical (unpaired) electrons. The third-order valence-electron chi connectivity index (χ3n) is 3.91. The number of nitrogens with one attached hydrogen (secondary N) is 2. The van der Waals surface area contributed by atoms with E-state index >= 15 is 0 Å². The fraction of sp³-hybridized carbons (Fsp3) is 0.222. The number of hydrogen-bond acceptors (Lipinski definition) is 3. The lowest BCUT2D eigenvalue weighted by Gasteiger charge is -2.20. The third kappa shape index (κ3) is 4.24. The Morgan fingerprint density at radius 3 is 2.68 bits per heavy atom. The first kappa shape index (κ1) is 17.6. The van der Waals surface area contributed by atoms with E-state index in [2.05, 4.69) is 10.6 Å². The van der Waals surface area contributed by atoms with Gasteiger partial charge in [0, 0.05) is 18.0 Å². The normalized spacial score (nSPS) is 13.8. The molecule has 2 amide bonds. The molecule has 5 nitrogen and oxygen atoms in total. The average molecular weight is 378 g/mol. The number of para-hydroxylation sites is 2. The zero-order chi connectivity index (χ0) is 17.8. The van der Waals surface area contributed by atoms with Crippen molar-refractivity contribution >= 4 is 52.1 Å². The van der Waals surface area contributed by atoms with E-state index in [9.17, 15) is 9.59 Å². The minimum atomic E-state index is -0.258. The summed E-state index contributed by atoms with van der Waals surface area (Å²) in [7, 11) is 0. The quantitative estimate of drug-likeness (QED) is 0.821. The molecule has 0 aromatic heterocycles. The van der Waals surface area contributed by atoms with Gasteiger partial charge in [-0.25, -0.2) is 0 Å². The maximum absolute atomic E-state index is 12.2. The molecule has 130 valence electrons. The van der Waals surface area contributed by atoms with Crippen molar-refractivity contribution in [1.82, 2.24) is 0 Å². The van der Waals surface area contributed by atoms with Crippen LogP contribution in [-0.2, 0) is 9.59 Å². The Morgan fingerprint density at radius 1 is 1.12 bits per heavy atom. The number of nitrogens with zero attached hydrogens (tertiary/aromatic N) is 1. The van der Waals surface area contributed by atoms with E-state index in [1.807, 2.05) is 24.3 Å². The summed E-state index contributed by atoms with van der Waals surface area (Å²) in [6.45, 7) is 0.740. The van der Waals surface area contributed by atoms with Crippen LogP contribution in [0.1, 0.15) is 12.8 Å². The van der Waals surface area contributed by atoms with Crippen LogP contribution in [0.3, 0.4) is 0 Å². The first-order valence-electron chi connectivity index (χ1n) is 7.93. The Labute approximate surface area is 155 Å². The summed E-state index contributed by atoms with van der Waals surface area (Å²) < 4.78 is 0. The van der Waals surface area contributed by atoms with Crippen LogP contribution in [0.2, 0.25) is 10.0 Å². The van der Waals surface area contributed by atoms with E-state index < -0.39 is 0 Å². The predicted octanol–water partition coefficient (Wildman–Crippen LogP) is 4.17. The number of anilines is 3. The first-order chi connectivity index (χ1) is 12.0. The number of carbonyl (C=O) groups is 2. The van der Waals surface area contributed by atoms with Gasteiger partial charge in [-0.1, -0.05) is 35.3 Å². The smallest absolute Gasteiger partial charge is 0.243 e.